The average Bonchev–Trinajstić information content (AvgIpc) is 2.15. The normalized spacial score (nSPS) is 10.1. The minimum absolute atomic E-state index is 0.0385. The Morgan fingerprint density at radius 3 is 1.86 bits per heavy atom. The molecular formula is C7H16N2O5. The minimum Gasteiger partial charge on any atom is -0.396 e. The highest BCUT2D eigenvalue weighted by Gasteiger charge is 2.10. The maximum Gasteiger partial charge on any atom is 0.364 e. The molecule has 0 radical (unpaired) electrons. The topological polar surface area (TPSA) is 105 Å². The van der Waals surface area contributed by atoms with Gasteiger partial charge in [-0.05, 0) is 12.8 Å². The van der Waals surface area contributed by atoms with Crippen LogP contribution in [-0.2, 0) is 9.68 Å². The Bertz CT molecular complexity index is 145. The molecule has 4 N–H and O–H groups in total. The summed E-state index contributed by atoms with van der Waals surface area (Å²) < 4.78 is 0. The first-order valence-corrected chi connectivity index (χ1v) is 4.29. The van der Waals surface area contributed by atoms with Crippen molar-refractivity contribution in [2.45, 2.75) is 12.8 Å². The van der Waals surface area contributed by atoms with Crippen molar-refractivity contribution in [1.29, 1.82) is 0 Å². The van der Waals surface area contributed by atoms with Gasteiger partial charge in [0.25, 0.3) is 0 Å². The fourth-order valence-electron chi connectivity index (χ4n) is 0.589. The molecule has 7 heteroatoms. The summed E-state index contributed by atoms with van der Waals surface area (Å²) in [7, 11) is 0. The van der Waals surface area contributed by atoms with E-state index in [4.69, 9.17) is 25.6 Å². The van der Waals surface area contributed by atoms with Crippen LogP contribution in [0.15, 0.2) is 0 Å². The van der Waals surface area contributed by atoms with E-state index in [-0.39, 0.29) is 26.4 Å². The molecule has 0 heterocycles. The Hall–Kier alpha value is -0.890. The molecule has 0 aliphatic heterocycles. The first kappa shape index (κ1) is 13.1. The summed E-state index contributed by atoms with van der Waals surface area (Å²) in [6, 6.07) is -0.874. The highest BCUT2D eigenvalue weighted by atomic mass is 17.0. The molecule has 14 heavy (non-hydrogen) atoms. The van der Waals surface area contributed by atoms with Gasteiger partial charge in [0.2, 0.25) is 0 Å². The van der Waals surface area contributed by atoms with Crippen LogP contribution in [0.1, 0.15) is 12.8 Å². The number of primary amides is 1. The minimum atomic E-state index is -0.874. The van der Waals surface area contributed by atoms with Gasteiger partial charge >= 0.3 is 6.03 Å². The molecule has 0 unspecified atom stereocenters. The second kappa shape index (κ2) is 8.70. The van der Waals surface area contributed by atoms with E-state index >= 15 is 0 Å². The van der Waals surface area contributed by atoms with Gasteiger partial charge < -0.3 is 15.9 Å². The molecule has 0 saturated heterocycles. The summed E-state index contributed by atoms with van der Waals surface area (Å²) in [4.78, 5) is 20.2. The number of urea groups is 1. The molecule has 0 bridgehead atoms. The van der Waals surface area contributed by atoms with E-state index in [9.17, 15) is 4.79 Å². The molecule has 0 aromatic carbocycles. The second-order valence-electron chi connectivity index (χ2n) is 2.42. The molecule has 0 aromatic heterocycles. The Kier molecular flexibility index (Phi) is 8.14. The molecule has 2 amide bonds. The molecule has 84 valence electrons. The molecule has 0 aliphatic rings. The summed E-state index contributed by atoms with van der Waals surface area (Å²) in [6.07, 6.45) is 0.764. The zero-order valence-corrected chi connectivity index (χ0v) is 7.89. The van der Waals surface area contributed by atoms with Crippen molar-refractivity contribution >= 4 is 6.03 Å². The fourth-order valence-corrected chi connectivity index (χ4v) is 0.589. The van der Waals surface area contributed by atoms with Crippen molar-refractivity contribution in [2.24, 2.45) is 5.73 Å². The SMILES string of the molecule is NC(=O)N(OCCCO)OCCCO. The maximum atomic E-state index is 10.7. The number of aliphatic hydroxyl groups excluding tert-OH is 2. The number of nitrogens with two attached hydrogens (primary N) is 1. The quantitative estimate of drug-likeness (QED) is 0.350. The molecule has 0 aliphatic carbocycles. The number of hydroxylamine groups is 2. The Morgan fingerprint density at radius 1 is 1.14 bits per heavy atom. The number of hydrogen-bond acceptors (Lipinski definition) is 5. The molecule has 0 rings (SSSR count). The van der Waals surface area contributed by atoms with Crippen molar-refractivity contribution in [3.8, 4) is 0 Å². The molecule has 0 spiro atoms. The zero-order valence-electron chi connectivity index (χ0n) is 7.89. The lowest BCUT2D eigenvalue weighted by Crippen LogP contribution is -2.36. The van der Waals surface area contributed by atoms with Crippen LogP contribution in [-0.4, -0.2) is 47.9 Å². The van der Waals surface area contributed by atoms with Gasteiger partial charge in [-0.25, -0.2) is 14.5 Å². The number of carbonyl (C=O) groups is 1. The lowest BCUT2D eigenvalue weighted by molar-refractivity contribution is -0.326. The largest absolute Gasteiger partial charge is 0.396 e. The van der Waals surface area contributed by atoms with Gasteiger partial charge in [0.05, 0.1) is 13.2 Å². The van der Waals surface area contributed by atoms with Crippen molar-refractivity contribution in [1.82, 2.24) is 5.23 Å². The zero-order chi connectivity index (χ0) is 10.8. The lowest BCUT2D eigenvalue weighted by atomic mass is 10.5. The molecule has 0 aromatic rings. The smallest absolute Gasteiger partial charge is 0.364 e. The van der Waals surface area contributed by atoms with Gasteiger partial charge in [0.1, 0.15) is 0 Å². The lowest BCUT2D eigenvalue weighted by Gasteiger charge is -2.17. The van der Waals surface area contributed by atoms with Gasteiger partial charge in [0, 0.05) is 13.2 Å². The number of carbonyl (C=O) groups excluding carboxylic acids is 1. The Balaban J connectivity index is 3.61. The first-order valence-electron chi connectivity index (χ1n) is 4.29. The van der Waals surface area contributed by atoms with E-state index < -0.39 is 6.03 Å². The number of rotatable bonds is 8. The van der Waals surface area contributed by atoms with E-state index in [2.05, 4.69) is 0 Å². The number of nitrogens with zero attached hydrogens (tertiary/aromatic N) is 1. The van der Waals surface area contributed by atoms with Crippen LogP contribution in [0.5, 0.6) is 0 Å². The van der Waals surface area contributed by atoms with Crippen molar-refractivity contribution in [3.05, 3.63) is 0 Å². The number of amides is 2. The maximum absolute atomic E-state index is 10.7. The van der Waals surface area contributed by atoms with Crippen LogP contribution < -0.4 is 5.73 Å². The summed E-state index contributed by atoms with van der Waals surface area (Å²) >= 11 is 0. The monoisotopic (exact) mass is 208 g/mol. The van der Waals surface area contributed by atoms with Gasteiger partial charge in [-0.3, -0.25) is 0 Å². The third kappa shape index (κ3) is 6.61. The van der Waals surface area contributed by atoms with Crippen molar-refractivity contribution < 1.29 is 24.7 Å². The van der Waals surface area contributed by atoms with Crippen LogP contribution in [0.25, 0.3) is 0 Å². The Morgan fingerprint density at radius 2 is 1.57 bits per heavy atom. The number of aliphatic hydroxyl groups is 2. The summed E-state index contributed by atoms with van der Waals surface area (Å²) in [5.74, 6) is 0. The van der Waals surface area contributed by atoms with Gasteiger partial charge in [-0.2, -0.15) is 0 Å². The summed E-state index contributed by atoms with van der Waals surface area (Å²) in [6.45, 7) is 0.198. The predicted molar refractivity (Wildman–Crippen MR) is 46.7 cm³/mol. The van der Waals surface area contributed by atoms with Gasteiger partial charge in [-0.15, -0.1) is 0 Å². The highest BCUT2D eigenvalue weighted by Crippen LogP contribution is 1.95. The highest BCUT2D eigenvalue weighted by molar-refractivity contribution is 5.69. The third-order valence-corrected chi connectivity index (χ3v) is 1.20. The van der Waals surface area contributed by atoms with Gasteiger partial charge in [0.15, 0.2) is 0 Å². The van der Waals surface area contributed by atoms with Crippen molar-refractivity contribution in [3.63, 3.8) is 0 Å². The summed E-state index contributed by atoms with van der Waals surface area (Å²) in [5, 5.41) is 17.4. The number of hydrogen-bond donors (Lipinski definition) is 3. The van der Waals surface area contributed by atoms with E-state index in [0.29, 0.717) is 18.1 Å². The molecule has 7 nitrogen and oxygen atoms in total. The van der Waals surface area contributed by atoms with E-state index in [1.807, 2.05) is 0 Å². The van der Waals surface area contributed by atoms with E-state index in [1.165, 1.54) is 0 Å². The fraction of sp³-hybridized carbons (Fsp3) is 0.857. The molecule has 0 fully saturated rings. The average molecular weight is 208 g/mol. The molecular weight excluding hydrogens is 192 g/mol. The van der Waals surface area contributed by atoms with Crippen molar-refractivity contribution in [2.75, 3.05) is 26.4 Å². The van der Waals surface area contributed by atoms with Crippen LogP contribution in [0.4, 0.5) is 4.79 Å². The van der Waals surface area contributed by atoms with Crippen LogP contribution in [0.3, 0.4) is 0 Å². The predicted octanol–water partition coefficient (Wildman–Crippen LogP) is -1.00. The van der Waals surface area contributed by atoms with Crippen LogP contribution in [0.2, 0.25) is 0 Å². The third-order valence-electron chi connectivity index (χ3n) is 1.20. The first-order chi connectivity index (χ1) is 6.72. The molecule has 0 saturated carbocycles. The van der Waals surface area contributed by atoms with E-state index in [0.717, 1.165) is 0 Å². The summed E-state index contributed by atoms with van der Waals surface area (Å²) in [5.41, 5.74) is 4.91. The Labute approximate surface area is 81.9 Å². The second-order valence-corrected chi connectivity index (χ2v) is 2.42. The standard InChI is InChI=1S/C7H16N2O5/c8-7(12)9(13-5-1-3-10)14-6-2-4-11/h10-11H,1-6H2,(H2,8,12). The van der Waals surface area contributed by atoms with Crippen LogP contribution >= 0.6 is 0 Å². The van der Waals surface area contributed by atoms with Gasteiger partial charge in [-0.1, -0.05) is 5.23 Å². The molecule has 0 atom stereocenters. The van der Waals surface area contributed by atoms with E-state index in [1.54, 1.807) is 0 Å². The van der Waals surface area contributed by atoms with Crippen LogP contribution in [0, 0.1) is 0 Å².